The number of amides is 1. The lowest BCUT2D eigenvalue weighted by atomic mass is 10.1. The van der Waals surface area contributed by atoms with Gasteiger partial charge in [-0.25, -0.2) is 8.42 Å². The second kappa shape index (κ2) is 6.03. The quantitative estimate of drug-likeness (QED) is 0.709. The molecule has 0 spiro atoms. The molecule has 0 saturated carbocycles. The first kappa shape index (κ1) is 15.5. The van der Waals surface area contributed by atoms with Crippen LogP contribution in [0.25, 0.3) is 0 Å². The van der Waals surface area contributed by atoms with Crippen molar-refractivity contribution in [3.63, 3.8) is 0 Å². The molecule has 0 saturated heterocycles. The van der Waals surface area contributed by atoms with Crippen molar-refractivity contribution in [1.82, 2.24) is 4.72 Å². The minimum absolute atomic E-state index is 0.0874. The molecule has 0 bridgehead atoms. The van der Waals surface area contributed by atoms with Gasteiger partial charge in [0.05, 0.1) is 5.69 Å². The van der Waals surface area contributed by atoms with E-state index in [1.54, 1.807) is 39.1 Å². The molecule has 1 rings (SSSR count). The van der Waals surface area contributed by atoms with Gasteiger partial charge in [0.2, 0.25) is 15.9 Å². The first-order valence-electron chi connectivity index (χ1n) is 5.88. The van der Waals surface area contributed by atoms with E-state index in [1.807, 2.05) is 0 Å². The fraction of sp³-hybridized carbons (Fsp3) is 0.417. The van der Waals surface area contributed by atoms with Crippen LogP contribution in [-0.2, 0) is 14.8 Å². The number of nitrogens with two attached hydrogens (primary N) is 1. The van der Waals surface area contributed by atoms with Gasteiger partial charge in [0.1, 0.15) is 10.9 Å². The second-order valence-electron chi connectivity index (χ2n) is 4.49. The van der Waals surface area contributed by atoms with Crippen LogP contribution in [0.3, 0.4) is 0 Å². The van der Waals surface area contributed by atoms with Crippen molar-refractivity contribution in [2.45, 2.75) is 24.8 Å². The summed E-state index contributed by atoms with van der Waals surface area (Å²) in [5, 5.41) is 2.80. The predicted molar refractivity (Wildman–Crippen MR) is 74.1 cm³/mol. The third-order valence-corrected chi connectivity index (χ3v) is 4.20. The number of hydrogen-bond donors (Lipinski definition) is 3. The third kappa shape index (κ3) is 3.68. The first-order valence-corrected chi connectivity index (χ1v) is 7.36. The summed E-state index contributed by atoms with van der Waals surface area (Å²) in [5.41, 5.74) is 5.67. The minimum atomic E-state index is -3.81. The van der Waals surface area contributed by atoms with E-state index in [-0.39, 0.29) is 10.8 Å². The third-order valence-electron chi connectivity index (χ3n) is 2.70. The molecule has 0 fully saturated rings. The molecule has 1 aromatic carbocycles. The fourth-order valence-corrected chi connectivity index (χ4v) is 3.23. The average molecular weight is 285 g/mol. The van der Waals surface area contributed by atoms with E-state index in [1.165, 1.54) is 6.07 Å². The molecule has 7 heteroatoms. The molecule has 0 heterocycles. The first-order chi connectivity index (χ1) is 8.79. The van der Waals surface area contributed by atoms with Gasteiger partial charge in [-0.3, -0.25) is 4.79 Å². The van der Waals surface area contributed by atoms with Crippen LogP contribution in [0.2, 0.25) is 0 Å². The van der Waals surface area contributed by atoms with Gasteiger partial charge in [-0.1, -0.05) is 26.0 Å². The van der Waals surface area contributed by atoms with Gasteiger partial charge >= 0.3 is 0 Å². The molecule has 0 aliphatic carbocycles. The van der Waals surface area contributed by atoms with Gasteiger partial charge in [0.25, 0.3) is 0 Å². The Labute approximate surface area is 113 Å². The van der Waals surface area contributed by atoms with Gasteiger partial charge in [-0.2, -0.15) is 4.72 Å². The summed E-state index contributed by atoms with van der Waals surface area (Å²) in [6.07, 6.45) is 0. The van der Waals surface area contributed by atoms with E-state index < -0.39 is 22.0 Å². The smallest absolute Gasteiger partial charge is 0.243 e. The number of sulfonamides is 1. The zero-order chi connectivity index (χ0) is 14.6. The van der Waals surface area contributed by atoms with Crippen LogP contribution in [0.15, 0.2) is 29.2 Å². The molecular formula is C12H19N3O3S. The molecule has 6 nitrogen and oxygen atoms in total. The molecule has 0 radical (unpaired) electrons. The highest BCUT2D eigenvalue weighted by Crippen LogP contribution is 2.20. The standard InChI is InChI=1S/C12H19N3O3S/c1-8(2)11(12(13)16)15-19(17,18)10-7-5-4-6-9(10)14-3/h4-8,11,14-15H,1-3H3,(H2,13,16). The highest BCUT2D eigenvalue weighted by Gasteiger charge is 2.27. The largest absolute Gasteiger partial charge is 0.387 e. The molecule has 106 valence electrons. The number of carbonyl (C=O) groups excluding carboxylic acids is 1. The van der Waals surface area contributed by atoms with Crippen LogP contribution < -0.4 is 15.8 Å². The number of primary amides is 1. The zero-order valence-electron chi connectivity index (χ0n) is 11.2. The Morgan fingerprint density at radius 3 is 2.32 bits per heavy atom. The Kier molecular flexibility index (Phi) is 4.90. The topological polar surface area (TPSA) is 101 Å². The summed E-state index contributed by atoms with van der Waals surface area (Å²) in [4.78, 5) is 11.4. The van der Waals surface area contributed by atoms with E-state index in [0.717, 1.165) is 0 Å². The molecule has 0 aliphatic rings. The van der Waals surface area contributed by atoms with Crippen molar-refractivity contribution in [2.75, 3.05) is 12.4 Å². The van der Waals surface area contributed by atoms with E-state index in [0.29, 0.717) is 5.69 Å². The summed E-state index contributed by atoms with van der Waals surface area (Å²) >= 11 is 0. The summed E-state index contributed by atoms with van der Waals surface area (Å²) in [6.45, 7) is 3.45. The molecule has 1 aromatic rings. The number of anilines is 1. The summed E-state index contributed by atoms with van der Waals surface area (Å²) in [5.74, 6) is -0.922. The van der Waals surface area contributed by atoms with Crippen molar-refractivity contribution in [1.29, 1.82) is 0 Å². The molecule has 0 aromatic heterocycles. The predicted octanol–water partition coefficient (Wildman–Crippen LogP) is 0.516. The Hall–Kier alpha value is -1.60. The lowest BCUT2D eigenvalue weighted by Gasteiger charge is -2.20. The fourth-order valence-electron chi connectivity index (χ4n) is 1.66. The van der Waals surface area contributed by atoms with Crippen LogP contribution in [-0.4, -0.2) is 27.4 Å². The average Bonchev–Trinajstić information content (AvgIpc) is 2.35. The Balaban J connectivity index is 3.14. The Bertz CT molecular complexity index is 555. The van der Waals surface area contributed by atoms with Gasteiger partial charge in [-0.15, -0.1) is 0 Å². The van der Waals surface area contributed by atoms with E-state index in [4.69, 9.17) is 5.73 Å². The summed E-state index contributed by atoms with van der Waals surface area (Å²) < 4.78 is 26.9. The number of para-hydroxylation sites is 1. The monoisotopic (exact) mass is 285 g/mol. The molecule has 1 unspecified atom stereocenters. The van der Waals surface area contributed by atoms with Gasteiger partial charge in [0.15, 0.2) is 0 Å². The van der Waals surface area contributed by atoms with E-state index in [2.05, 4.69) is 10.0 Å². The van der Waals surface area contributed by atoms with Crippen molar-refractivity contribution in [3.05, 3.63) is 24.3 Å². The van der Waals surface area contributed by atoms with Crippen molar-refractivity contribution in [3.8, 4) is 0 Å². The van der Waals surface area contributed by atoms with Crippen LogP contribution in [0.5, 0.6) is 0 Å². The number of carbonyl (C=O) groups is 1. The maximum Gasteiger partial charge on any atom is 0.243 e. The zero-order valence-corrected chi connectivity index (χ0v) is 12.0. The lowest BCUT2D eigenvalue weighted by Crippen LogP contribution is -2.47. The van der Waals surface area contributed by atoms with Gasteiger partial charge < -0.3 is 11.1 Å². The summed E-state index contributed by atoms with van der Waals surface area (Å²) in [6, 6.07) is 5.51. The Morgan fingerprint density at radius 2 is 1.84 bits per heavy atom. The number of benzene rings is 1. The number of hydrogen-bond acceptors (Lipinski definition) is 4. The molecule has 1 amide bonds. The highest BCUT2D eigenvalue weighted by atomic mass is 32.2. The SMILES string of the molecule is CNc1ccccc1S(=O)(=O)NC(C(N)=O)C(C)C. The van der Waals surface area contributed by atoms with Crippen LogP contribution in [0, 0.1) is 5.92 Å². The van der Waals surface area contributed by atoms with Gasteiger partial charge in [0, 0.05) is 7.05 Å². The van der Waals surface area contributed by atoms with Crippen LogP contribution in [0.4, 0.5) is 5.69 Å². The molecular weight excluding hydrogens is 266 g/mol. The van der Waals surface area contributed by atoms with Crippen molar-refractivity contribution in [2.24, 2.45) is 11.7 Å². The van der Waals surface area contributed by atoms with Crippen molar-refractivity contribution < 1.29 is 13.2 Å². The molecule has 1 atom stereocenters. The Morgan fingerprint density at radius 1 is 1.26 bits per heavy atom. The molecule has 19 heavy (non-hydrogen) atoms. The minimum Gasteiger partial charge on any atom is -0.387 e. The molecule has 4 N–H and O–H groups in total. The van der Waals surface area contributed by atoms with Crippen molar-refractivity contribution >= 4 is 21.6 Å². The van der Waals surface area contributed by atoms with Crippen LogP contribution in [0.1, 0.15) is 13.8 Å². The second-order valence-corrected chi connectivity index (χ2v) is 6.17. The maximum atomic E-state index is 12.3. The molecule has 0 aliphatic heterocycles. The lowest BCUT2D eigenvalue weighted by molar-refractivity contribution is -0.120. The van der Waals surface area contributed by atoms with E-state index >= 15 is 0 Å². The van der Waals surface area contributed by atoms with Gasteiger partial charge in [-0.05, 0) is 18.1 Å². The van der Waals surface area contributed by atoms with Crippen LogP contribution >= 0.6 is 0 Å². The number of rotatable bonds is 6. The summed E-state index contributed by atoms with van der Waals surface area (Å²) in [7, 11) is -2.18. The normalized spacial score (nSPS) is 13.3. The van der Waals surface area contributed by atoms with E-state index in [9.17, 15) is 13.2 Å². The maximum absolute atomic E-state index is 12.3. The highest BCUT2D eigenvalue weighted by molar-refractivity contribution is 7.89. The number of nitrogens with one attached hydrogen (secondary N) is 2.